The maximum Gasteiger partial charge on any atom is 0.163 e. The van der Waals surface area contributed by atoms with Crippen LogP contribution in [0.2, 0.25) is 0 Å². The SMILES string of the molecule is CN[C@H]1C=C[C@@H]2CNCC[C@H]2[C@@H]1C[C@H](CCCO)CCCC(=O)CC(=O)/C=C/c1cc(OC)c(O)cc1CC1=CNC(N)C=C1CCc1cccc(CCc2ccccc2)c1. The highest BCUT2D eigenvalue weighted by molar-refractivity contribution is 6.06. The van der Waals surface area contributed by atoms with Gasteiger partial charge in [0.1, 0.15) is 5.78 Å². The Morgan fingerprint density at radius 3 is 2.48 bits per heavy atom. The summed E-state index contributed by atoms with van der Waals surface area (Å²) in [5.74, 6) is 2.16. The normalized spacial score (nSPS) is 21.6. The van der Waals surface area contributed by atoms with E-state index in [0.29, 0.717) is 48.3 Å². The summed E-state index contributed by atoms with van der Waals surface area (Å²) in [7, 11) is 3.55. The first-order valence-corrected chi connectivity index (χ1v) is 22.6. The zero-order chi connectivity index (χ0) is 43.0. The van der Waals surface area contributed by atoms with Crippen LogP contribution in [0.3, 0.4) is 0 Å². The van der Waals surface area contributed by atoms with Gasteiger partial charge in [0.15, 0.2) is 17.3 Å². The van der Waals surface area contributed by atoms with Crippen LogP contribution in [0.15, 0.2) is 108 Å². The number of phenolic OH excluding ortho intramolecular Hbond substituents is 1. The van der Waals surface area contributed by atoms with Crippen LogP contribution < -0.4 is 26.4 Å². The number of carbonyl (C=O) groups is 2. The number of aromatic hydroxyl groups is 1. The van der Waals surface area contributed by atoms with Gasteiger partial charge in [-0.2, -0.15) is 0 Å². The summed E-state index contributed by atoms with van der Waals surface area (Å²) in [6.07, 6.45) is 21.6. The van der Waals surface area contributed by atoms with Crippen LogP contribution in [0.25, 0.3) is 6.08 Å². The van der Waals surface area contributed by atoms with Gasteiger partial charge >= 0.3 is 0 Å². The van der Waals surface area contributed by atoms with Crippen LogP contribution in [-0.4, -0.2) is 67.8 Å². The number of dihydropyridines is 1. The standard InChI is InChI=1S/C52H68N4O5/c1-54-49-23-21-42-34-55-25-24-47(42)48(49)28-37(14-8-26-57)13-7-15-45(58)33-46(59)22-20-40-31-51(61-2)50(60)30-43(40)29-44-35-56-52(53)32-41(44)19-18-39-12-6-11-38(27-39)17-16-36-9-4-3-5-10-36/h3-6,9-12,20-23,27,30-32,35,37,42,47-49,52,54-57,60H,7-8,13-19,24-26,28-29,33-34,53H2,1-2H3/b22-20+/t37-,42+,47+,48-,49-,52?/m0/s1. The lowest BCUT2D eigenvalue weighted by atomic mass is 9.66. The molecule has 6 atom stereocenters. The fraction of sp³-hybridized carbons (Fsp3) is 0.462. The van der Waals surface area contributed by atoms with Gasteiger partial charge in [0, 0.05) is 31.8 Å². The summed E-state index contributed by atoms with van der Waals surface area (Å²) >= 11 is 0. The number of nitrogens with one attached hydrogen (secondary N) is 3. The summed E-state index contributed by atoms with van der Waals surface area (Å²) in [4.78, 5) is 26.4. The highest BCUT2D eigenvalue weighted by atomic mass is 16.5. The van der Waals surface area contributed by atoms with Gasteiger partial charge in [0.05, 0.1) is 19.7 Å². The van der Waals surface area contributed by atoms with E-state index in [1.54, 1.807) is 18.2 Å². The summed E-state index contributed by atoms with van der Waals surface area (Å²) in [5, 5.41) is 30.8. The molecule has 2 heterocycles. The number of aliphatic hydroxyl groups is 1. The van der Waals surface area contributed by atoms with Crippen molar-refractivity contribution >= 4 is 17.6 Å². The molecule has 1 aliphatic carbocycles. The van der Waals surface area contributed by atoms with Gasteiger partial charge in [-0.25, -0.2) is 0 Å². The molecule has 0 radical (unpaired) electrons. The Balaban J connectivity index is 1.04. The Kier molecular flexibility index (Phi) is 17.6. The molecule has 3 aromatic carbocycles. The van der Waals surface area contributed by atoms with Crippen molar-refractivity contribution in [3.8, 4) is 11.5 Å². The van der Waals surface area contributed by atoms with Gasteiger partial charge < -0.3 is 36.6 Å². The van der Waals surface area contributed by atoms with E-state index in [9.17, 15) is 19.8 Å². The molecule has 6 rings (SSSR count). The lowest BCUT2D eigenvalue weighted by Gasteiger charge is -2.44. The Morgan fingerprint density at radius 1 is 0.951 bits per heavy atom. The second kappa shape index (κ2) is 23.4. The van der Waals surface area contributed by atoms with E-state index >= 15 is 0 Å². The molecule has 0 saturated carbocycles. The van der Waals surface area contributed by atoms with Crippen LogP contribution in [-0.2, 0) is 35.3 Å². The zero-order valence-electron chi connectivity index (χ0n) is 36.3. The molecule has 2 aliphatic heterocycles. The summed E-state index contributed by atoms with van der Waals surface area (Å²) in [6, 6.07) is 23.1. The number of ether oxygens (including phenoxy) is 1. The van der Waals surface area contributed by atoms with E-state index < -0.39 is 0 Å². The molecule has 0 amide bonds. The third kappa shape index (κ3) is 13.6. The molecule has 61 heavy (non-hydrogen) atoms. The average molecular weight is 829 g/mol. The Labute approximate surface area is 363 Å². The fourth-order valence-electron chi connectivity index (χ4n) is 9.73. The quantitative estimate of drug-likeness (QED) is 0.0324. The highest BCUT2D eigenvalue weighted by Gasteiger charge is 2.38. The molecule has 9 nitrogen and oxygen atoms in total. The van der Waals surface area contributed by atoms with Crippen molar-refractivity contribution in [2.24, 2.45) is 29.4 Å². The van der Waals surface area contributed by atoms with Crippen LogP contribution in [0, 0.1) is 23.7 Å². The molecule has 0 bridgehead atoms. The number of aryl methyl sites for hydroxylation is 3. The summed E-state index contributed by atoms with van der Waals surface area (Å²) in [5.41, 5.74) is 14.0. The van der Waals surface area contributed by atoms with Gasteiger partial charge in [-0.1, -0.05) is 79.2 Å². The van der Waals surface area contributed by atoms with E-state index in [-0.39, 0.29) is 36.5 Å². The molecule has 326 valence electrons. The largest absolute Gasteiger partial charge is 0.504 e. The minimum absolute atomic E-state index is 0.0179. The average Bonchev–Trinajstić information content (AvgIpc) is 3.27. The molecule has 3 aromatic rings. The third-order valence-corrected chi connectivity index (χ3v) is 13.0. The number of benzene rings is 3. The van der Waals surface area contributed by atoms with E-state index in [1.807, 2.05) is 19.3 Å². The topological polar surface area (TPSA) is 146 Å². The number of carbonyl (C=O) groups excluding carboxylic acids is 2. The van der Waals surface area contributed by atoms with E-state index in [4.69, 9.17) is 10.5 Å². The van der Waals surface area contributed by atoms with Crippen molar-refractivity contribution in [1.82, 2.24) is 16.0 Å². The highest BCUT2D eigenvalue weighted by Crippen LogP contribution is 2.40. The first-order chi connectivity index (χ1) is 29.7. The second-order valence-electron chi connectivity index (χ2n) is 17.3. The minimum atomic E-state index is -0.303. The third-order valence-electron chi connectivity index (χ3n) is 13.0. The summed E-state index contributed by atoms with van der Waals surface area (Å²) in [6.45, 7) is 2.26. The maximum absolute atomic E-state index is 13.2. The molecular weight excluding hydrogens is 761 g/mol. The number of likely N-dealkylation sites (N-methyl/N-ethyl adjacent to an activating group) is 1. The minimum Gasteiger partial charge on any atom is -0.504 e. The van der Waals surface area contributed by atoms with E-state index in [0.717, 1.165) is 93.2 Å². The number of ketones is 2. The molecular formula is C52H68N4O5. The van der Waals surface area contributed by atoms with Crippen LogP contribution in [0.1, 0.15) is 85.6 Å². The number of fused-ring (bicyclic) bond motifs is 1. The lowest BCUT2D eigenvalue weighted by Crippen LogP contribution is -2.48. The predicted molar refractivity (Wildman–Crippen MR) is 246 cm³/mol. The van der Waals surface area contributed by atoms with Crippen molar-refractivity contribution in [2.75, 3.05) is 33.9 Å². The number of hydrogen-bond acceptors (Lipinski definition) is 9. The molecule has 1 saturated heterocycles. The molecule has 1 fully saturated rings. The number of aliphatic hydroxyl groups excluding tert-OH is 1. The molecule has 3 aliphatic rings. The Morgan fingerprint density at radius 2 is 1.70 bits per heavy atom. The number of piperidine rings is 1. The van der Waals surface area contributed by atoms with Crippen molar-refractivity contribution in [1.29, 1.82) is 0 Å². The van der Waals surface area contributed by atoms with Gasteiger partial charge in [0.2, 0.25) is 0 Å². The predicted octanol–water partition coefficient (Wildman–Crippen LogP) is 7.55. The number of nitrogens with two attached hydrogens (primary N) is 1. The number of phenols is 1. The first kappa shape index (κ1) is 45.7. The molecule has 0 aromatic heterocycles. The van der Waals surface area contributed by atoms with Crippen molar-refractivity contribution in [3.05, 3.63) is 136 Å². The monoisotopic (exact) mass is 829 g/mol. The zero-order valence-corrected chi connectivity index (χ0v) is 36.3. The van der Waals surface area contributed by atoms with E-state index in [1.165, 1.54) is 36.3 Å². The number of allylic oxidation sites excluding steroid dienone is 3. The molecule has 7 N–H and O–H groups in total. The van der Waals surface area contributed by atoms with Crippen LogP contribution >= 0.6 is 0 Å². The van der Waals surface area contributed by atoms with Crippen LogP contribution in [0.5, 0.6) is 11.5 Å². The molecule has 9 heteroatoms. The molecule has 1 unspecified atom stereocenters. The first-order valence-electron chi connectivity index (χ1n) is 22.6. The molecule has 0 spiro atoms. The van der Waals surface area contributed by atoms with Gasteiger partial charge in [0.25, 0.3) is 0 Å². The number of methoxy groups -OCH3 is 1. The fourth-order valence-corrected chi connectivity index (χ4v) is 9.73. The van der Waals surface area contributed by atoms with Gasteiger partial charge in [-0.05, 0) is 165 Å². The van der Waals surface area contributed by atoms with Crippen molar-refractivity contribution in [3.63, 3.8) is 0 Å². The van der Waals surface area contributed by atoms with Gasteiger partial charge in [-0.15, -0.1) is 0 Å². The van der Waals surface area contributed by atoms with Crippen molar-refractivity contribution in [2.45, 2.75) is 95.7 Å². The lowest BCUT2D eigenvalue weighted by molar-refractivity contribution is -0.124. The smallest absolute Gasteiger partial charge is 0.163 e. The van der Waals surface area contributed by atoms with E-state index in [2.05, 4.69) is 82.7 Å². The van der Waals surface area contributed by atoms with Crippen molar-refractivity contribution < 1.29 is 24.5 Å². The van der Waals surface area contributed by atoms with Crippen LogP contribution in [0.4, 0.5) is 0 Å². The van der Waals surface area contributed by atoms with Gasteiger partial charge in [-0.3, -0.25) is 9.59 Å². The second-order valence-corrected chi connectivity index (χ2v) is 17.3. The number of hydrogen-bond donors (Lipinski definition) is 6. The maximum atomic E-state index is 13.2. The number of Topliss-reactive ketones (excluding diaryl/α,β-unsaturated/α-hetero) is 1. The Hall–Kier alpha value is -4.80. The number of rotatable bonds is 23. The summed E-state index contributed by atoms with van der Waals surface area (Å²) < 4.78 is 5.45. The Bertz CT molecular complexity index is 2020.